The van der Waals surface area contributed by atoms with Crippen LogP contribution in [0.5, 0.6) is 0 Å². The van der Waals surface area contributed by atoms with E-state index in [4.69, 9.17) is 39.0 Å². The number of nitrogens with zero attached hydrogens (tertiary/aromatic N) is 7. The van der Waals surface area contributed by atoms with Gasteiger partial charge in [-0.15, -0.1) is 0 Å². The largest absolute Gasteiger partial charge is 0.473 e. The number of nitrogens with two attached hydrogens (primary N) is 2. The smallest absolute Gasteiger partial charge is 0.387 e. The standard InChI is InChI=1S/C22H27FN10O12P2/c1-7-11-10(34)12(19(41-11)32-5-28-8-15(24)26-4-27-16(8)32)44-46(36,37)40-3-22(2)14(23)13(45-47(38,39)43-7)20(42-22)33-6-29-9-17(33)30-21(25)31-18(9)35/h4-7,10-14,19-20,34H,3H2,1-2H3,(H,36,37)(H,38,39)(H2,24,26,27)(H3,25,30,31,35)/t7-,10+,11+,12+,13+,14-,19+,20+,22+/m0/s1. The molecular weight excluding hydrogens is 677 g/mol. The molecule has 7 heterocycles. The fourth-order valence-corrected chi connectivity index (χ4v) is 7.89. The van der Waals surface area contributed by atoms with Gasteiger partial charge in [0.25, 0.3) is 5.56 Å². The number of nitrogens with one attached hydrogen (secondary N) is 1. The molecule has 47 heavy (non-hydrogen) atoms. The van der Waals surface area contributed by atoms with Crippen LogP contribution in [0.3, 0.4) is 0 Å². The number of anilines is 2. The molecule has 254 valence electrons. The lowest BCUT2D eigenvalue weighted by Gasteiger charge is -2.30. The molecule has 0 saturated carbocycles. The van der Waals surface area contributed by atoms with Crippen molar-refractivity contribution in [2.75, 3.05) is 18.1 Å². The van der Waals surface area contributed by atoms with Crippen molar-refractivity contribution in [3.63, 3.8) is 0 Å². The van der Waals surface area contributed by atoms with Crippen LogP contribution in [0.4, 0.5) is 16.2 Å². The average molecular weight is 704 g/mol. The number of halogens is 1. The number of H-pyrrole nitrogens is 1. The number of aliphatic hydroxyl groups excluding tert-OH is 1. The van der Waals surface area contributed by atoms with E-state index in [-0.39, 0.29) is 34.1 Å². The molecule has 25 heteroatoms. The van der Waals surface area contributed by atoms with Gasteiger partial charge in [-0.05, 0) is 13.8 Å². The quantitative estimate of drug-likeness (QED) is 0.142. The Balaban J connectivity index is 1.27. The molecule has 0 aliphatic carbocycles. The third kappa shape index (κ3) is 5.42. The number of ether oxygens (including phenoxy) is 2. The van der Waals surface area contributed by atoms with Gasteiger partial charge in [-0.1, -0.05) is 0 Å². The summed E-state index contributed by atoms with van der Waals surface area (Å²) in [5, 5.41) is 11.2. The van der Waals surface area contributed by atoms with Crippen molar-refractivity contribution in [2.24, 2.45) is 0 Å². The molecule has 7 rings (SSSR count). The fraction of sp³-hybridized carbons (Fsp3) is 0.545. The molecule has 0 amide bonds. The van der Waals surface area contributed by atoms with Gasteiger partial charge in [0.15, 0.2) is 41.3 Å². The van der Waals surface area contributed by atoms with E-state index in [2.05, 4.69) is 29.9 Å². The summed E-state index contributed by atoms with van der Waals surface area (Å²) in [7, 11) is -10.5. The van der Waals surface area contributed by atoms with E-state index in [1.807, 2.05) is 0 Å². The molecule has 2 unspecified atom stereocenters. The highest BCUT2D eigenvalue weighted by Crippen LogP contribution is 2.56. The number of hydrogen-bond acceptors (Lipinski definition) is 17. The minimum atomic E-state index is -5.26. The Morgan fingerprint density at radius 3 is 2.40 bits per heavy atom. The first-order chi connectivity index (χ1) is 22.1. The third-order valence-electron chi connectivity index (χ3n) is 7.97. The topological polar surface area (TPSA) is 309 Å². The zero-order valence-corrected chi connectivity index (χ0v) is 25.9. The van der Waals surface area contributed by atoms with Crippen LogP contribution < -0.4 is 17.0 Å². The van der Waals surface area contributed by atoms with E-state index >= 15 is 4.39 Å². The Hall–Kier alpha value is -3.47. The van der Waals surface area contributed by atoms with Gasteiger partial charge in [0, 0.05) is 0 Å². The van der Waals surface area contributed by atoms with E-state index in [0.29, 0.717) is 0 Å². The predicted molar refractivity (Wildman–Crippen MR) is 152 cm³/mol. The number of nitrogen functional groups attached to an aromatic ring is 2. The summed E-state index contributed by atoms with van der Waals surface area (Å²) in [6, 6.07) is 0. The Morgan fingerprint density at radius 1 is 0.979 bits per heavy atom. The molecule has 0 spiro atoms. The first-order valence-electron chi connectivity index (χ1n) is 13.7. The predicted octanol–water partition coefficient (Wildman–Crippen LogP) is -0.586. The SMILES string of the molecule is C[C@@H]1OP(=O)(O)O[C@H]2[C@H](n3cnc4c(=O)[nH]c(N)nc43)O[C@](C)(COP(=O)(O)O[C@@H]3[C@H](O)[C@@H]1O[C@H]3n1cnc3c(N)ncnc31)[C@H]2F. The van der Waals surface area contributed by atoms with Crippen molar-refractivity contribution < 1.29 is 56.0 Å². The summed E-state index contributed by atoms with van der Waals surface area (Å²) >= 11 is 0. The van der Waals surface area contributed by atoms with Crippen LogP contribution in [0.25, 0.3) is 22.3 Å². The molecule has 3 fully saturated rings. The summed E-state index contributed by atoms with van der Waals surface area (Å²) in [5.41, 5.74) is 8.44. The van der Waals surface area contributed by atoms with E-state index in [1.54, 1.807) is 0 Å². The highest BCUT2D eigenvalue weighted by molar-refractivity contribution is 7.47. The zero-order valence-electron chi connectivity index (χ0n) is 24.1. The number of hydrogen-bond donors (Lipinski definition) is 6. The van der Waals surface area contributed by atoms with Gasteiger partial charge in [-0.3, -0.25) is 37.0 Å². The van der Waals surface area contributed by atoms with Crippen LogP contribution in [-0.4, -0.2) is 103 Å². The second-order valence-corrected chi connectivity index (χ2v) is 14.0. The first kappa shape index (κ1) is 32.1. The number of rotatable bonds is 2. The summed E-state index contributed by atoms with van der Waals surface area (Å²) in [6.07, 6.45) is -10.6. The van der Waals surface area contributed by atoms with Crippen LogP contribution in [-0.2, 0) is 36.7 Å². The number of phosphoric acid groups is 2. The molecule has 4 bridgehead atoms. The fourth-order valence-electron chi connectivity index (χ4n) is 5.76. The van der Waals surface area contributed by atoms with E-state index < -0.39 is 82.6 Å². The van der Waals surface area contributed by atoms with Crippen LogP contribution in [0, 0.1) is 0 Å². The van der Waals surface area contributed by atoms with Gasteiger partial charge >= 0.3 is 15.6 Å². The van der Waals surface area contributed by atoms with Gasteiger partial charge in [0.05, 0.1) is 25.4 Å². The van der Waals surface area contributed by atoms with Crippen molar-refractivity contribution in [2.45, 2.75) is 68.6 Å². The molecule has 0 radical (unpaired) electrons. The molecule has 4 aromatic rings. The van der Waals surface area contributed by atoms with Crippen molar-refractivity contribution in [3.8, 4) is 0 Å². The highest BCUT2D eigenvalue weighted by atomic mass is 31.2. The minimum absolute atomic E-state index is 0.00283. The maximum Gasteiger partial charge on any atom is 0.473 e. The number of imidazole rings is 2. The molecule has 8 N–H and O–H groups in total. The maximum absolute atomic E-state index is 16.3. The van der Waals surface area contributed by atoms with E-state index in [0.717, 1.165) is 24.1 Å². The summed E-state index contributed by atoms with van der Waals surface area (Å²) in [6.45, 7) is 1.37. The Bertz CT molecular complexity index is 2030. The molecular formula is C22H27FN10O12P2. The van der Waals surface area contributed by atoms with Gasteiger partial charge in [0.2, 0.25) is 5.95 Å². The monoisotopic (exact) mass is 704 g/mol. The molecule has 22 nitrogen and oxygen atoms in total. The molecule has 4 aromatic heterocycles. The van der Waals surface area contributed by atoms with Crippen LogP contribution in [0.2, 0.25) is 0 Å². The number of aromatic nitrogens is 8. The molecule has 0 aromatic carbocycles. The minimum Gasteiger partial charge on any atom is -0.387 e. The Kier molecular flexibility index (Phi) is 7.54. The summed E-state index contributed by atoms with van der Waals surface area (Å²) in [4.78, 5) is 56.3. The van der Waals surface area contributed by atoms with Crippen molar-refractivity contribution in [1.82, 2.24) is 39.0 Å². The van der Waals surface area contributed by atoms with Crippen LogP contribution in [0.15, 0.2) is 23.8 Å². The molecule has 3 aliphatic rings. The number of aliphatic hydroxyl groups is 1. The maximum atomic E-state index is 16.3. The number of phosphoric ester groups is 2. The lowest BCUT2D eigenvalue weighted by molar-refractivity contribution is -0.110. The molecule has 3 saturated heterocycles. The normalized spacial score (nSPS) is 39.8. The first-order valence-corrected chi connectivity index (χ1v) is 16.7. The summed E-state index contributed by atoms with van der Waals surface area (Å²) < 4.78 is 78.3. The Labute approximate surface area is 261 Å². The van der Waals surface area contributed by atoms with E-state index in [9.17, 15) is 28.8 Å². The average Bonchev–Trinajstić information content (AvgIpc) is 3.73. The number of alkyl halides is 1. The molecule has 11 atom stereocenters. The second kappa shape index (κ2) is 11.0. The highest BCUT2D eigenvalue weighted by Gasteiger charge is 2.60. The van der Waals surface area contributed by atoms with Gasteiger partial charge in [0.1, 0.15) is 41.9 Å². The summed E-state index contributed by atoms with van der Waals surface area (Å²) in [5.74, 6) is -0.320. The van der Waals surface area contributed by atoms with Gasteiger partial charge in [-0.2, -0.15) is 4.98 Å². The van der Waals surface area contributed by atoms with Gasteiger partial charge < -0.3 is 35.8 Å². The molecule has 3 aliphatic heterocycles. The van der Waals surface area contributed by atoms with Gasteiger partial charge in [-0.25, -0.2) is 33.5 Å². The van der Waals surface area contributed by atoms with Crippen molar-refractivity contribution >= 4 is 49.7 Å². The zero-order chi connectivity index (χ0) is 33.6. The lowest BCUT2D eigenvalue weighted by atomic mass is 10.0. The van der Waals surface area contributed by atoms with Crippen molar-refractivity contribution in [1.29, 1.82) is 0 Å². The van der Waals surface area contributed by atoms with Crippen molar-refractivity contribution in [3.05, 3.63) is 29.3 Å². The van der Waals surface area contributed by atoms with Crippen LogP contribution >= 0.6 is 15.6 Å². The number of fused-ring (bicyclic) bond motifs is 6. The lowest BCUT2D eigenvalue weighted by Crippen LogP contribution is -2.43. The second-order valence-electron chi connectivity index (χ2n) is 11.2. The Morgan fingerprint density at radius 2 is 1.66 bits per heavy atom. The third-order valence-corrected chi connectivity index (χ3v) is 10.0. The van der Waals surface area contributed by atoms with Crippen LogP contribution in [0.1, 0.15) is 26.3 Å². The number of aromatic amines is 1. The van der Waals surface area contributed by atoms with E-state index in [1.165, 1.54) is 17.8 Å².